The highest BCUT2D eigenvalue weighted by atomic mass is 32.2. The van der Waals surface area contributed by atoms with Crippen LogP contribution < -0.4 is 10.0 Å². The third kappa shape index (κ3) is 6.03. The molecular formula is C13H24N2O2S2. The molecule has 0 fully saturated rings. The average Bonchev–Trinajstić information content (AvgIpc) is 2.75. The van der Waals surface area contributed by atoms with Crippen molar-refractivity contribution in [1.82, 2.24) is 10.0 Å². The summed E-state index contributed by atoms with van der Waals surface area (Å²) in [5, 5.41) is 3.32. The molecule has 0 atom stereocenters. The molecule has 1 rings (SSSR count). The Bertz CT molecular complexity index is 479. The molecule has 0 amide bonds. The van der Waals surface area contributed by atoms with E-state index < -0.39 is 10.0 Å². The fourth-order valence-electron chi connectivity index (χ4n) is 1.47. The van der Waals surface area contributed by atoms with Gasteiger partial charge in [-0.25, -0.2) is 13.1 Å². The quantitative estimate of drug-likeness (QED) is 0.774. The summed E-state index contributed by atoms with van der Waals surface area (Å²) < 4.78 is 27.1. The number of thiophene rings is 1. The highest BCUT2D eigenvalue weighted by Gasteiger charge is 2.16. The molecule has 0 unspecified atom stereocenters. The monoisotopic (exact) mass is 304 g/mol. The minimum Gasteiger partial charge on any atom is -0.314 e. The third-order valence-electron chi connectivity index (χ3n) is 2.51. The Kier molecular flexibility index (Phi) is 6.46. The Morgan fingerprint density at radius 2 is 1.89 bits per heavy atom. The van der Waals surface area contributed by atoms with Crippen LogP contribution in [0.3, 0.4) is 0 Å². The molecule has 0 aromatic carbocycles. The van der Waals surface area contributed by atoms with E-state index >= 15 is 0 Å². The van der Waals surface area contributed by atoms with Crippen LogP contribution in [-0.4, -0.2) is 27.5 Å². The van der Waals surface area contributed by atoms with Crippen molar-refractivity contribution < 1.29 is 8.42 Å². The van der Waals surface area contributed by atoms with Crippen LogP contribution in [-0.2, 0) is 16.4 Å². The molecular weight excluding hydrogens is 280 g/mol. The normalized spacial score (nSPS) is 12.5. The summed E-state index contributed by atoms with van der Waals surface area (Å²) in [5.74, 6) is 0.310. The topological polar surface area (TPSA) is 58.2 Å². The van der Waals surface area contributed by atoms with Gasteiger partial charge in [-0.3, -0.25) is 0 Å². The van der Waals surface area contributed by atoms with E-state index in [4.69, 9.17) is 0 Å². The van der Waals surface area contributed by atoms with E-state index in [1.54, 1.807) is 6.07 Å². The molecule has 0 aliphatic carbocycles. The van der Waals surface area contributed by atoms with Gasteiger partial charge in [0.1, 0.15) is 4.21 Å². The van der Waals surface area contributed by atoms with E-state index in [9.17, 15) is 8.42 Å². The second-order valence-electron chi connectivity index (χ2n) is 5.33. The van der Waals surface area contributed by atoms with E-state index in [1.807, 2.05) is 19.9 Å². The molecule has 4 nitrogen and oxygen atoms in total. The Hall–Kier alpha value is -0.430. The van der Waals surface area contributed by atoms with Crippen LogP contribution in [0.2, 0.25) is 0 Å². The van der Waals surface area contributed by atoms with Crippen molar-refractivity contribution in [3.8, 4) is 0 Å². The highest BCUT2D eigenvalue weighted by molar-refractivity contribution is 7.91. The smallest absolute Gasteiger partial charge is 0.250 e. The zero-order valence-electron chi connectivity index (χ0n) is 12.1. The van der Waals surface area contributed by atoms with Crippen molar-refractivity contribution in [3.63, 3.8) is 0 Å². The zero-order valence-corrected chi connectivity index (χ0v) is 13.7. The Morgan fingerprint density at radius 3 is 2.47 bits per heavy atom. The number of rotatable bonds is 8. The highest BCUT2D eigenvalue weighted by Crippen LogP contribution is 2.21. The van der Waals surface area contributed by atoms with Gasteiger partial charge in [-0.1, -0.05) is 27.7 Å². The maximum Gasteiger partial charge on any atom is 0.250 e. The Morgan fingerprint density at radius 1 is 1.21 bits per heavy atom. The number of hydrogen-bond donors (Lipinski definition) is 2. The molecule has 0 radical (unpaired) electrons. The van der Waals surface area contributed by atoms with Crippen LogP contribution in [0.1, 0.15) is 32.6 Å². The largest absolute Gasteiger partial charge is 0.314 e. The summed E-state index contributed by atoms with van der Waals surface area (Å²) in [4.78, 5) is 1.10. The second kappa shape index (κ2) is 7.38. The summed E-state index contributed by atoms with van der Waals surface area (Å²) in [6, 6.07) is 4.05. The summed E-state index contributed by atoms with van der Waals surface area (Å²) >= 11 is 1.35. The molecule has 2 N–H and O–H groups in total. The lowest BCUT2D eigenvalue weighted by molar-refractivity contribution is 0.562. The van der Waals surface area contributed by atoms with Crippen LogP contribution in [0.5, 0.6) is 0 Å². The van der Waals surface area contributed by atoms with Gasteiger partial charge in [0.15, 0.2) is 0 Å². The standard InChI is InChI=1S/C13H24N2O2S2/c1-10(2)9-15-19(16,17)13-6-5-12(18-13)7-8-14-11(3)4/h5-6,10-11,14-15H,7-9H2,1-4H3. The lowest BCUT2D eigenvalue weighted by atomic mass is 10.2. The second-order valence-corrected chi connectivity index (χ2v) is 8.49. The first kappa shape index (κ1) is 16.6. The van der Waals surface area contributed by atoms with Crippen LogP contribution in [0, 0.1) is 5.92 Å². The fourth-order valence-corrected chi connectivity index (χ4v) is 4.08. The Labute approximate surface area is 120 Å². The van der Waals surface area contributed by atoms with Gasteiger partial charge in [-0.05, 0) is 24.5 Å². The average molecular weight is 304 g/mol. The van der Waals surface area contributed by atoms with Crippen molar-refractivity contribution >= 4 is 21.4 Å². The predicted molar refractivity (Wildman–Crippen MR) is 81.2 cm³/mol. The van der Waals surface area contributed by atoms with E-state index in [0.717, 1.165) is 17.8 Å². The zero-order chi connectivity index (χ0) is 14.5. The van der Waals surface area contributed by atoms with Crippen LogP contribution >= 0.6 is 11.3 Å². The summed E-state index contributed by atoms with van der Waals surface area (Å²) in [5.41, 5.74) is 0. The van der Waals surface area contributed by atoms with Gasteiger partial charge in [0.05, 0.1) is 0 Å². The molecule has 19 heavy (non-hydrogen) atoms. The molecule has 1 heterocycles. The molecule has 0 aliphatic heterocycles. The first-order valence-corrected chi connectivity index (χ1v) is 8.93. The lowest BCUT2D eigenvalue weighted by Crippen LogP contribution is -2.26. The maximum absolute atomic E-state index is 12.0. The molecule has 0 aliphatic rings. The minimum atomic E-state index is -3.33. The van der Waals surface area contributed by atoms with Crippen LogP contribution in [0.4, 0.5) is 0 Å². The van der Waals surface area contributed by atoms with E-state index in [0.29, 0.717) is 22.7 Å². The SMILES string of the molecule is CC(C)CNS(=O)(=O)c1ccc(CCNC(C)C)s1. The molecule has 0 bridgehead atoms. The maximum atomic E-state index is 12.0. The number of sulfonamides is 1. The number of nitrogens with one attached hydrogen (secondary N) is 2. The van der Waals surface area contributed by atoms with Gasteiger partial charge < -0.3 is 5.32 Å². The molecule has 1 aromatic rings. The van der Waals surface area contributed by atoms with Crippen molar-refractivity contribution in [3.05, 3.63) is 17.0 Å². The van der Waals surface area contributed by atoms with Gasteiger partial charge in [-0.2, -0.15) is 0 Å². The fraction of sp³-hybridized carbons (Fsp3) is 0.692. The van der Waals surface area contributed by atoms with Crippen LogP contribution in [0.25, 0.3) is 0 Å². The Balaban J connectivity index is 2.58. The van der Waals surface area contributed by atoms with Crippen molar-refractivity contribution in [2.45, 2.75) is 44.4 Å². The van der Waals surface area contributed by atoms with Gasteiger partial charge >= 0.3 is 0 Å². The molecule has 0 saturated carbocycles. The number of hydrogen-bond acceptors (Lipinski definition) is 4. The van der Waals surface area contributed by atoms with Crippen LogP contribution in [0.15, 0.2) is 16.3 Å². The third-order valence-corrected chi connectivity index (χ3v) is 5.57. The summed E-state index contributed by atoms with van der Waals surface area (Å²) in [6.07, 6.45) is 0.864. The first-order chi connectivity index (χ1) is 8.81. The van der Waals surface area contributed by atoms with Crippen molar-refractivity contribution in [1.29, 1.82) is 0 Å². The van der Waals surface area contributed by atoms with Gasteiger partial charge in [0.25, 0.3) is 0 Å². The van der Waals surface area contributed by atoms with Gasteiger partial charge in [-0.15, -0.1) is 11.3 Å². The first-order valence-electron chi connectivity index (χ1n) is 6.63. The van der Waals surface area contributed by atoms with Gasteiger partial charge in [0.2, 0.25) is 10.0 Å². The molecule has 1 aromatic heterocycles. The molecule has 0 saturated heterocycles. The predicted octanol–water partition coefficient (Wildman–Crippen LogP) is 2.22. The van der Waals surface area contributed by atoms with Gasteiger partial charge in [0, 0.05) is 24.0 Å². The van der Waals surface area contributed by atoms with E-state index in [1.165, 1.54) is 11.3 Å². The van der Waals surface area contributed by atoms with Crippen molar-refractivity contribution in [2.24, 2.45) is 5.92 Å². The lowest BCUT2D eigenvalue weighted by Gasteiger charge is -2.07. The summed E-state index contributed by atoms with van der Waals surface area (Å²) in [6.45, 7) is 9.52. The summed E-state index contributed by atoms with van der Waals surface area (Å²) in [7, 11) is -3.33. The minimum absolute atomic E-state index is 0.310. The molecule has 110 valence electrons. The van der Waals surface area contributed by atoms with E-state index in [2.05, 4.69) is 23.9 Å². The van der Waals surface area contributed by atoms with E-state index in [-0.39, 0.29) is 0 Å². The molecule has 6 heteroatoms. The molecule has 0 spiro atoms. The van der Waals surface area contributed by atoms with Crippen molar-refractivity contribution in [2.75, 3.05) is 13.1 Å².